The monoisotopic (exact) mass is 371 g/mol. The molecule has 0 saturated carbocycles. The zero-order valence-electron chi connectivity index (χ0n) is 15.3. The molecule has 0 radical (unpaired) electrons. The van der Waals surface area contributed by atoms with Crippen LogP contribution in [-0.2, 0) is 11.2 Å². The first-order chi connectivity index (χ1) is 12.5. The number of benzene rings is 1. The summed E-state index contributed by atoms with van der Waals surface area (Å²) in [5, 5.41) is 5.10. The Morgan fingerprint density at radius 1 is 1.15 bits per heavy atom. The molecule has 1 aliphatic rings. The second-order valence-electron chi connectivity index (χ2n) is 6.83. The van der Waals surface area contributed by atoms with E-state index in [0.29, 0.717) is 25.1 Å². The Kier molecular flexibility index (Phi) is 5.93. The average Bonchev–Trinajstić information content (AvgIpc) is 3.15. The lowest BCUT2D eigenvalue weighted by Crippen LogP contribution is -2.46. The average molecular weight is 372 g/mol. The minimum atomic E-state index is -0.0429. The predicted molar refractivity (Wildman–Crippen MR) is 106 cm³/mol. The minimum Gasteiger partial charge on any atom is -0.378 e. The molecule has 26 heavy (non-hydrogen) atoms. The van der Waals surface area contributed by atoms with Crippen molar-refractivity contribution in [2.24, 2.45) is 0 Å². The standard InChI is InChI=1S/C20H25N3O2S/c1-22(2)17-7-5-15(6-8-17)20(25)21-16-9-11-23(12-10-16)19(24)14-18-4-3-13-26-18/h3-8,13,16H,9-12,14H2,1-2H3,(H,21,25). The van der Waals surface area contributed by atoms with E-state index in [1.165, 1.54) is 0 Å². The molecule has 1 aromatic heterocycles. The highest BCUT2D eigenvalue weighted by atomic mass is 32.1. The quantitative estimate of drug-likeness (QED) is 0.879. The van der Waals surface area contributed by atoms with E-state index in [-0.39, 0.29) is 17.9 Å². The number of carbonyl (C=O) groups excluding carboxylic acids is 2. The van der Waals surface area contributed by atoms with E-state index in [1.54, 1.807) is 11.3 Å². The lowest BCUT2D eigenvalue weighted by Gasteiger charge is -2.32. The summed E-state index contributed by atoms with van der Waals surface area (Å²) < 4.78 is 0. The summed E-state index contributed by atoms with van der Waals surface area (Å²) in [6.07, 6.45) is 2.09. The molecule has 6 heteroatoms. The van der Waals surface area contributed by atoms with Gasteiger partial charge in [-0.2, -0.15) is 0 Å². The number of likely N-dealkylation sites (tertiary alicyclic amines) is 1. The molecule has 1 aromatic carbocycles. The Morgan fingerprint density at radius 3 is 2.42 bits per heavy atom. The van der Waals surface area contributed by atoms with Gasteiger partial charge in [-0.3, -0.25) is 9.59 Å². The van der Waals surface area contributed by atoms with E-state index in [2.05, 4.69) is 5.32 Å². The molecular formula is C20H25N3O2S. The van der Waals surface area contributed by atoms with Gasteiger partial charge in [0.15, 0.2) is 0 Å². The van der Waals surface area contributed by atoms with Crippen LogP contribution < -0.4 is 10.2 Å². The van der Waals surface area contributed by atoms with Crippen LogP contribution in [0.3, 0.4) is 0 Å². The second-order valence-corrected chi connectivity index (χ2v) is 7.86. The van der Waals surface area contributed by atoms with Gasteiger partial charge >= 0.3 is 0 Å². The maximum atomic E-state index is 12.4. The van der Waals surface area contributed by atoms with Crippen molar-refractivity contribution in [1.82, 2.24) is 10.2 Å². The molecule has 0 aliphatic carbocycles. The van der Waals surface area contributed by atoms with Gasteiger partial charge < -0.3 is 15.1 Å². The number of rotatable bonds is 5. The molecule has 3 rings (SSSR count). The summed E-state index contributed by atoms with van der Waals surface area (Å²) in [5.74, 6) is 0.134. The molecule has 1 N–H and O–H groups in total. The van der Waals surface area contributed by atoms with E-state index in [9.17, 15) is 9.59 Å². The van der Waals surface area contributed by atoms with E-state index in [4.69, 9.17) is 0 Å². The fourth-order valence-electron chi connectivity index (χ4n) is 3.13. The number of amides is 2. The Hall–Kier alpha value is -2.34. The van der Waals surface area contributed by atoms with Crippen molar-refractivity contribution in [2.45, 2.75) is 25.3 Å². The van der Waals surface area contributed by atoms with Gasteiger partial charge in [-0.15, -0.1) is 11.3 Å². The van der Waals surface area contributed by atoms with Crippen LogP contribution in [0.15, 0.2) is 41.8 Å². The lowest BCUT2D eigenvalue weighted by atomic mass is 10.0. The van der Waals surface area contributed by atoms with Gasteiger partial charge in [0, 0.05) is 49.4 Å². The van der Waals surface area contributed by atoms with Crippen molar-refractivity contribution in [3.05, 3.63) is 52.2 Å². The molecule has 2 aromatic rings. The zero-order chi connectivity index (χ0) is 18.5. The maximum Gasteiger partial charge on any atom is 0.251 e. The van der Waals surface area contributed by atoms with E-state index >= 15 is 0 Å². The SMILES string of the molecule is CN(C)c1ccc(C(=O)NC2CCN(C(=O)Cc3cccs3)CC2)cc1. The largest absolute Gasteiger partial charge is 0.378 e. The van der Waals surface area contributed by atoms with Crippen molar-refractivity contribution in [2.75, 3.05) is 32.1 Å². The van der Waals surface area contributed by atoms with E-state index in [0.717, 1.165) is 23.4 Å². The Bertz CT molecular complexity index is 733. The fourth-order valence-corrected chi connectivity index (χ4v) is 3.82. The molecular weight excluding hydrogens is 346 g/mol. The second kappa shape index (κ2) is 8.36. The Morgan fingerprint density at radius 2 is 1.85 bits per heavy atom. The number of hydrogen-bond acceptors (Lipinski definition) is 4. The molecule has 0 unspecified atom stereocenters. The first-order valence-electron chi connectivity index (χ1n) is 8.91. The summed E-state index contributed by atoms with van der Waals surface area (Å²) in [6.45, 7) is 1.41. The number of carbonyl (C=O) groups is 2. The van der Waals surface area contributed by atoms with E-state index < -0.39 is 0 Å². The van der Waals surface area contributed by atoms with Gasteiger partial charge in [0.1, 0.15) is 0 Å². The van der Waals surface area contributed by atoms with Gasteiger partial charge in [0.2, 0.25) is 5.91 Å². The molecule has 0 bridgehead atoms. The first kappa shape index (κ1) is 18.5. The third-order valence-electron chi connectivity index (χ3n) is 4.73. The highest BCUT2D eigenvalue weighted by molar-refractivity contribution is 7.10. The van der Waals surface area contributed by atoms with Crippen LogP contribution in [0, 0.1) is 0 Å². The van der Waals surface area contributed by atoms with Gasteiger partial charge in [0.05, 0.1) is 6.42 Å². The lowest BCUT2D eigenvalue weighted by molar-refractivity contribution is -0.131. The maximum absolute atomic E-state index is 12.4. The molecule has 2 amide bonds. The molecule has 1 aliphatic heterocycles. The van der Waals surface area contributed by atoms with Crippen molar-refractivity contribution >= 4 is 28.8 Å². The molecule has 138 valence electrons. The van der Waals surface area contributed by atoms with Crippen molar-refractivity contribution in [3.63, 3.8) is 0 Å². The van der Waals surface area contributed by atoms with E-state index in [1.807, 2.05) is 65.7 Å². The molecule has 1 fully saturated rings. The molecule has 1 saturated heterocycles. The van der Waals surface area contributed by atoms with Gasteiger partial charge in [-0.25, -0.2) is 0 Å². The van der Waals surface area contributed by atoms with Crippen LogP contribution in [0.25, 0.3) is 0 Å². The van der Waals surface area contributed by atoms with Crippen LogP contribution in [0.2, 0.25) is 0 Å². The summed E-state index contributed by atoms with van der Waals surface area (Å²) in [6, 6.07) is 11.7. The van der Waals surface area contributed by atoms with Crippen LogP contribution in [0.5, 0.6) is 0 Å². The van der Waals surface area contributed by atoms with Crippen LogP contribution in [0.1, 0.15) is 28.1 Å². The highest BCUT2D eigenvalue weighted by Crippen LogP contribution is 2.16. The Balaban J connectivity index is 1.47. The van der Waals surface area contributed by atoms with Gasteiger partial charge in [-0.1, -0.05) is 6.07 Å². The van der Waals surface area contributed by atoms with Crippen LogP contribution >= 0.6 is 11.3 Å². The minimum absolute atomic E-state index is 0.0429. The third kappa shape index (κ3) is 4.64. The summed E-state index contributed by atoms with van der Waals surface area (Å²) in [5.41, 5.74) is 1.74. The number of anilines is 1. The van der Waals surface area contributed by atoms with Crippen LogP contribution in [-0.4, -0.2) is 49.9 Å². The van der Waals surface area contributed by atoms with Crippen molar-refractivity contribution < 1.29 is 9.59 Å². The summed E-state index contributed by atoms with van der Waals surface area (Å²) in [4.78, 5) is 29.8. The summed E-state index contributed by atoms with van der Waals surface area (Å²) in [7, 11) is 3.95. The number of piperidine rings is 1. The normalized spacial score (nSPS) is 14.9. The molecule has 0 spiro atoms. The molecule has 0 atom stereocenters. The van der Waals surface area contributed by atoms with Crippen molar-refractivity contribution in [3.8, 4) is 0 Å². The fraction of sp³-hybridized carbons (Fsp3) is 0.400. The number of nitrogens with one attached hydrogen (secondary N) is 1. The van der Waals surface area contributed by atoms with Gasteiger partial charge in [-0.05, 0) is 48.6 Å². The van der Waals surface area contributed by atoms with Crippen molar-refractivity contribution in [1.29, 1.82) is 0 Å². The topological polar surface area (TPSA) is 52.7 Å². The third-order valence-corrected chi connectivity index (χ3v) is 5.61. The molecule has 2 heterocycles. The number of hydrogen-bond donors (Lipinski definition) is 1. The molecule has 5 nitrogen and oxygen atoms in total. The first-order valence-corrected chi connectivity index (χ1v) is 9.79. The Labute approximate surface area is 158 Å². The number of thiophene rings is 1. The van der Waals surface area contributed by atoms with Crippen LogP contribution in [0.4, 0.5) is 5.69 Å². The highest BCUT2D eigenvalue weighted by Gasteiger charge is 2.24. The number of nitrogens with zero attached hydrogens (tertiary/aromatic N) is 2. The smallest absolute Gasteiger partial charge is 0.251 e. The van der Waals surface area contributed by atoms with Gasteiger partial charge in [0.25, 0.3) is 5.91 Å². The zero-order valence-corrected chi connectivity index (χ0v) is 16.1. The summed E-state index contributed by atoms with van der Waals surface area (Å²) >= 11 is 1.62. The predicted octanol–water partition coefficient (Wildman–Crippen LogP) is 2.78.